The van der Waals surface area contributed by atoms with Gasteiger partial charge in [-0.25, -0.2) is 0 Å². The number of aryl methyl sites for hydroxylation is 1. The fourth-order valence-electron chi connectivity index (χ4n) is 3.29. The molecule has 1 aliphatic rings. The van der Waals surface area contributed by atoms with Gasteiger partial charge in [0.1, 0.15) is 17.3 Å². The molecule has 2 aromatic heterocycles. The lowest BCUT2D eigenvalue weighted by molar-refractivity contribution is -0.0819. The van der Waals surface area contributed by atoms with Gasteiger partial charge in [-0.2, -0.15) is 15.1 Å². The third-order valence-electron chi connectivity index (χ3n) is 4.90. The van der Waals surface area contributed by atoms with Crippen LogP contribution in [0.15, 0.2) is 24.4 Å². The molecule has 1 fully saturated rings. The minimum Gasteiger partial charge on any atom is -0.497 e. The topological polar surface area (TPSA) is 105 Å². The molecular weight excluding hydrogens is 388 g/mol. The van der Waals surface area contributed by atoms with Gasteiger partial charge in [0.15, 0.2) is 5.65 Å². The summed E-state index contributed by atoms with van der Waals surface area (Å²) in [6.45, 7) is 2.85. The highest BCUT2D eigenvalue weighted by molar-refractivity contribution is 5.87. The molecule has 0 spiro atoms. The third-order valence-corrected chi connectivity index (χ3v) is 4.90. The van der Waals surface area contributed by atoms with E-state index in [-0.39, 0.29) is 6.10 Å². The molecule has 30 heavy (non-hydrogen) atoms. The van der Waals surface area contributed by atoms with Crippen LogP contribution in [-0.2, 0) is 23.1 Å². The lowest BCUT2D eigenvalue weighted by atomic mass is 10.2. The van der Waals surface area contributed by atoms with E-state index in [0.717, 1.165) is 28.1 Å². The lowest BCUT2D eigenvalue weighted by Gasteiger charge is -2.23. The van der Waals surface area contributed by atoms with Crippen LogP contribution in [0.25, 0.3) is 11.0 Å². The first-order chi connectivity index (χ1) is 14.7. The number of benzene rings is 1. The van der Waals surface area contributed by atoms with E-state index in [1.807, 2.05) is 25.2 Å². The van der Waals surface area contributed by atoms with E-state index in [4.69, 9.17) is 18.9 Å². The summed E-state index contributed by atoms with van der Waals surface area (Å²) >= 11 is 0. The smallest absolute Gasteiger partial charge is 0.226 e. The van der Waals surface area contributed by atoms with Gasteiger partial charge in [-0.15, -0.1) is 0 Å². The number of nitrogens with zero attached hydrogens (tertiary/aromatic N) is 4. The summed E-state index contributed by atoms with van der Waals surface area (Å²) in [5.74, 6) is 2.72. The predicted molar refractivity (Wildman–Crippen MR) is 112 cm³/mol. The van der Waals surface area contributed by atoms with Gasteiger partial charge < -0.3 is 29.6 Å². The van der Waals surface area contributed by atoms with Crippen molar-refractivity contribution in [2.45, 2.75) is 12.6 Å². The summed E-state index contributed by atoms with van der Waals surface area (Å²) in [7, 11) is 5.14. The molecule has 0 amide bonds. The Morgan fingerprint density at radius 1 is 1.17 bits per heavy atom. The number of methoxy groups -OCH3 is 2. The Morgan fingerprint density at radius 3 is 2.83 bits per heavy atom. The maximum absolute atomic E-state index is 5.68. The number of aromatic nitrogens is 4. The maximum Gasteiger partial charge on any atom is 0.226 e. The van der Waals surface area contributed by atoms with Crippen molar-refractivity contribution >= 4 is 22.8 Å². The Kier molecular flexibility index (Phi) is 6.15. The molecule has 160 valence electrons. The van der Waals surface area contributed by atoms with Crippen molar-refractivity contribution in [2.24, 2.45) is 7.05 Å². The minimum atomic E-state index is -0.0259. The zero-order valence-corrected chi connectivity index (χ0v) is 17.3. The molecule has 0 radical (unpaired) electrons. The largest absolute Gasteiger partial charge is 0.497 e. The van der Waals surface area contributed by atoms with Gasteiger partial charge in [0.25, 0.3) is 0 Å². The molecule has 1 aliphatic heterocycles. The molecule has 3 aromatic rings. The summed E-state index contributed by atoms with van der Waals surface area (Å²) in [5.41, 5.74) is 1.68. The van der Waals surface area contributed by atoms with Crippen LogP contribution in [0.3, 0.4) is 0 Å². The Hall–Kier alpha value is -3.11. The second-order valence-corrected chi connectivity index (χ2v) is 6.88. The van der Waals surface area contributed by atoms with E-state index in [0.29, 0.717) is 44.7 Å². The van der Waals surface area contributed by atoms with Crippen molar-refractivity contribution in [3.8, 4) is 11.5 Å². The molecule has 1 aromatic carbocycles. The molecule has 0 aliphatic carbocycles. The van der Waals surface area contributed by atoms with Gasteiger partial charge in [-0.3, -0.25) is 4.68 Å². The minimum absolute atomic E-state index is 0.0259. The highest BCUT2D eigenvalue weighted by Gasteiger charge is 2.17. The number of ether oxygens (including phenoxy) is 4. The van der Waals surface area contributed by atoms with Crippen LogP contribution < -0.4 is 20.1 Å². The first-order valence-corrected chi connectivity index (χ1v) is 9.75. The Labute approximate surface area is 174 Å². The van der Waals surface area contributed by atoms with Gasteiger partial charge in [-0.1, -0.05) is 0 Å². The van der Waals surface area contributed by atoms with Crippen molar-refractivity contribution in [1.29, 1.82) is 0 Å². The van der Waals surface area contributed by atoms with Crippen LogP contribution in [0.4, 0.5) is 11.8 Å². The molecule has 0 bridgehead atoms. The van der Waals surface area contributed by atoms with E-state index in [2.05, 4.69) is 25.7 Å². The van der Waals surface area contributed by atoms with Crippen molar-refractivity contribution in [1.82, 2.24) is 19.7 Å². The second-order valence-electron chi connectivity index (χ2n) is 6.88. The van der Waals surface area contributed by atoms with Gasteiger partial charge >= 0.3 is 0 Å². The van der Waals surface area contributed by atoms with E-state index in [1.54, 1.807) is 25.1 Å². The van der Waals surface area contributed by atoms with E-state index >= 15 is 0 Å². The molecular formula is C20H26N6O4. The fourth-order valence-corrected chi connectivity index (χ4v) is 3.29. The van der Waals surface area contributed by atoms with Crippen LogP contribution in [0.5, 0.6) is 11.5 Å². The Bertz CT molecular complexity index is 1000. The summed E-state index contributed by atoms with van der Waals surface area (Å²) in [6.07, 6.45) is 1.73. The summed E-state index contributed by atoms with van der Waals surface area (Å²) in [6, 6.07) is 5.69. The Balaban J connectivity index is 1.55. The number of anilines is 2. The quantitative estimate of drug-likeness (QED) is 0.571. The van der Waals surface area contributed by atoms with Crippen molar-refractivity contribution in [3.63, 3.8) is 0 Å². The first-order valence-electron chi connectivity index (χ1n) is 9.75. The summed E-state index contributed by atoms with van der Waals surface area (Å²) < 4.78 is 23.6. The van der Waals surface area contributed by atoms with Gasteiger partial charge in [-0.05, 0) is 18.2 Å². The van der Waals surface area contributed by atoms with Crippen LogP contribution in [-0.4, -0.2) is 66.4 Å². The molecule has 2 N–H and O–H groups in total. The SMILES string of the molecule is COc1ccc(OC)c(CNc2nc(NCC3COCCO3)nc3c2cnn3C)c1. The summed E-state index contributed by atoms with van der Waals surface area (Å²) in [4.78, 5) is 9.25. The zero-order chi connectivity index (χ0) is 20.9. The van der Waals surface area contributed by atoms with E-state index in [9.17, 15) is 0 Å². The highest BCUT2D eigenvalue weighted by Crippen LogP contribution is 2.27. The predicted octanol–water partition coefficient (Wildman–Crippen LogP) is 1.82. The lowest BCUT2D eigenvalue weighted by Crippen LogP contribution is -2.34. The number of rotatable bonds is 8. The van der Waals surface area contributed by atoms with Crippen LogP contribution in [0.1, 0.15) is 5.56 Å². The van der Waals surface area contributed by atoms with Gasteiger partial charge in [0.2, 0.25) is 5.95 Å². The number of nitrogens with one attached hydrogen (secondary N) is 2. The van der Waals surface area contributed by atoms with Gasteiger partial charge in [0.05, 0.1) is 51.7 Å². The molecule has 10 nitrogen and oxygen atoms in total. The average Bonchev–Trinajstić information content (AvgIpc) is 3.17. The number of hydrogen-bond donors (Lipinski definition) is 2. The molecule has 0 saturated carbocycles. The molecule has 4 rings (SSSR count). The van der Waals surface area contributed by atoms with E-state index in [1.165, 1.54) is 0 Å². The van der Waals surface area contributed by atoms with E-state index < -0.39 is 0 Å². The van der Waals surface area contributed by atoms with Crippen molar-refractivity contribution < 1.29 is 18.9 Å². The second kappa shape index (κ2) is 9.14. The van der Waals surface area contributed by atoms with Crippen LogP contribution in [0.2, 0.25) is 0 Å². The van der Waals surface area contributed by atoms with Gasteiger partial charge in [0, 0.05) is 25.7 Å². The molecule has 1 unspecified atom stereocenters. The molecule has 1 atom stereocenters. The van der Waals surface area contributed by atoms with Crippen molar-refractivity contribution in [3.05, 3.63) is 30.0 Å². The standard InChI is InChI=1S/C20H26N6O4/c1-26-19-16(11-23-26)18(21-9-13-8-14(27-2)4-5-17(13)28-3)24-20(25-19)22-10-15-12-29-6-7-30-15/h4-5,8,11,15H,6-7,9-10,12H2,1-3H3,(H2,21,22,24,25). The van der Waals surface area contributed by atoms with Crippen molar-refractivity contribution in [2.75, 3.05) is 51.2 Å². The molecule has 10 heteroatoms. The maximum atomic E-state index is 5.68. The summed E-state index contributed by atoms with van der Waals surface area (Å²) in [5, 5.41) is 11.8. The number of fused-ring (bicyclic) bond motifs is 1. The monoisotopic (exact) mass is 414 g/mol. The first kappa shape index (κ1) is 20.2. The Morgan fingerprint density at radius 2 is 2.07 bits per heavy atom. The molecule has 3 heterocycles. The normalized spacial score (nSPS) is 16.4. The fraction of sp³-hybridized carbons (Fsp3) is 0.450. The van der Waals surface area contributed by atoms with Crippen LogP contribution in [0, 0.1) is 0 Å². The third kappa shape index (κ3) is 4.39. The number of hydrogen-bond acceptors (Lipinski definition) is 9. The molecule has 1 saturated heterocycles. The average molecular weight is 414 g/mol. The highest BCUT2D eigenvalue weighted by atomic mass is 16.6. The zero-order valence-electron chi connectivity index (χ0n) is 17.3. The van der Waals surface area contributed by atoms with Crippen LogP contribution >= 0.6 is 0 Å².